The van der Waals surface area contributed by atoms with Crippen LogP contribution in [0.5, 0.6) is 5.75 Å². The van der Waals surface area contributed by atoms with Gasteiger partial charge in [-0.2, -0.15) is 0 Å². The smallest absolute Gasteiger partial charge is 0.340 e. The fourth-order valence-electron chi connectivity index (χ4n) is 2.30. The first-order valence-corrected chi connectivity index (χ1v) is 8.30. The average molecular weight is 348 g/mol. The Morgan fingerprint density at radius 1 is 1.17 bits per heavy atom. The second-order valence-electron chi connectivity index (χ2n) is 5.43. The molecule has 0 bridgehead atoms. The van der Waals surface area contributed by atoms with Crippen LogP contribution in [0.4, 0.5) is 5.69 Å². The molecular formula is C19H22ClNO3. The number of methoxy groups -OCH3 is 1. The Morgan fingerprint density at radius 2 is 1.96 bits per heavy atom. The van der Waals surface area contributed by atoms with E-state index in [4.69, 9.17) is 21.1 Å². The van der Waals surface area contributed by atoms with Gasteiger partial charge in [-0.05, 0) is 49.6 Å². The Kier molecular flexibility index (Phi) is 6.94. The van der Waals surface area contributed by atoms with Crippen LogP contribution < -0.4 is 10.1 Å². The van der Waals surface area contributed by atoms with E-state index in [2.05, 4.69) is 5.32 Å². The maximum absolute atomic E-state index is 11.8. The number of aryl methyl sites for hydroxylation is 1. The van der Waals surface area contributed by atoms with Crippen molar-refractivity contribution in [3.8, 4) is 5.75 Å². The number of hydrogen-bond donors (Lipinski definition) is 1. The van der Waals surface area contributed by atoms with Crippen LogP contribution in [0.2, 0.25) is 5.02 Å². The van der Waals surface area contributed by atoms with Crippen LogP contribution in [-0.4, -0.2) is 26.2 Å². The van der Waals surface area contributed by atoms with Crippen LogP contribution in [0.3, 0.4) is 0 Å². The zero-order valence-corrected chi connectivity index (χ0v) is 14.7. The van der Waals surface area contributed by atoms with Gasteiger partial charge in [-0.25, -0.2) is 4.79 Å². The van der Waals surface area contributed by atoms with E-state index in [0.717, 1.165) is 36.4 Å². The predicted octanol–water partition coefficient (Wildman–Crippen LogP) is 4.71. The van der Waals surface area contributed by atoms with Crippen molar-refractivity contribution in [2.45, 2.75) is 19.8 Å². The largest absolute Gasteiger partial charge is 0.493 e. The molecule has 0 amide bonds. The van der Waals surface area contributed by atoms with E-state index in [-0.39, 0.29) is 0 Å². The lowest BCUT2D eigenvalue weighted by Gasteiger charge is -2.12. The van der Waals surface area contributed by atoms with Gasteiger partial charge in [-0.1, -0.05) is 29.8 Å². The summed E-state index contributed by atoms with van der Waals surface area (Å²) < 4.78 is 10.5. The van der Waals surface area contributed by atoms with E-state index in [1.54, 1.807) is 18.2 Å². The Hall–Kier alpha value is -2.20. The molecule has 0 radical (unpaired) electrons. The number of para-hydroxylation sites is 1. The van der Waals surface area contributed by atoms with Gasteiger partial charge in [-0.15, -0.1) is 0 Å². The minimum Gasteiger partial charge on any atom is -0.493 e. The van der Waals surface area contributed by atoms with Gasteiger partial charge < -0.3 is 14.8 Å². The Bertz CT molecular complexity index is 688. The number of hydrogen-bond acceptors (Lipinski definition) is 4. The summed E-state index contributed by atoms with van der Waals surface area (Å²) in [7, 11) is 1.36. The Morgan fingerprint density at radius 3 is 2.71 bits per heavy atom. The molecule has 0 heterocycles. The summed E-state index contributed by atoms with van der Waals surface area (Å²) in [5, 5.41) is 3.76. The summed E-state index contributed by atoms with van der Waals surface area (Å²) in [4.78, 5) is 11.8. The van der Waals surface area contributed by atoms with Crippen molar-refractivity contribution in [3.63, 3.8) is 0 Å². The van der Waals surface area contributed by atoms with Gasteiger partial charge in [0.1, 0.15) is 5.75 Å². The first kappa shape index (κ1) is 18.1. The summed E-state index contributed by atoms with van der Waals surface area (Å²) >= 11 is 5.94. The molecule has 0 unspecified atom stereocenters. The lowest BCUT2D eigenvalue weighted by atomic mass is 10.1. The van der Waals surface area contributed by atoms with Crippen LogP contribution in [-0.2, 0) is 4.74 Å². The fourth-order valence-corrected chi connectivity index (χ4v) is 2.47. The fraction of sp³-hybridized carbons (Fsp3) is 0.316. The summed E-state index contributed by atoms with van der Waals surface area (Å²) in [6, 6.07) is 13.1. The van der Waals surface area contributed by atoms with Crippen molar-refractivity contribution < 1.29 is 14.3 Å². The highest BCUT2D eigenvalue weighted by molar-refractivity contribution is 6.31. The third-order valence-corrected chi connectivity index (χ3v) is 3.86. The third kappa shape index (κ3) is 5.17. The second kappa shape index (κ2) is 9.18. The molecule has 0 aliphatic rings. The maximum Gasteiger partial charge on any atom is 0.340 e. The molecule has 1 N–H and O–H groups in total. The minimum atomic E-state index is -0.400. The molecule has 24 heavy (non-hydrogen) atoms. The normalized spacial score (nSPS) is 10.3. The standard InChI is InChI=1S/C19H22ClNO3/c1-14-7-3-4-8-18(14)24-12-6-5-11-21-17-10-9-15(20)13-16(17)19(22)23-2/h3-4,7-10,13,21H,5-6,11-12H2,1-2H3. The number of carbonyl (C=O) groups excluding carboxylic acids is 1. The van der Waals surface area contributed by atoms with Crippen molar-refractivity contribution in [3.05, 3.63) is 58.6 Å². The Balaban J connectivity index is 1.77. The van der Waals surface area contributed by atoms with E-state index in [1.165, 1.54) is 7.11 Å². The molecule has 4 nitrogen and oxygen atoms in total. The number of benzene rings is 2. The Labute approximate surface area is 147 Å². The molecule has 0 saturated heterocycles. The molecule has 5 heteroatoms. The third-order valence-electron chi connectivity index (χ3n) is 3.62. The molecule has 0 aromatic heterocycles. The van der Waals surface area contributed by atoms with Crippen LogP contribution in [0.1, 0.15) is 28.8 Å². The van der Waals surface area contributed by atoms with Crippen molar-refractivity contribution in [1.29, 1.82) is 0 Å². The molecule has 0 fully saturated rings. The molecule has 0 aliphatic heterocycles. The van der Waals surface area contributed by atoms with Crippen molar-refractivity contribution in [2.75, 3.05) is 25.6 Å². The number of carbonyl (C=O) groups is 1. The molecule has 0 aliphatic carbocycles. The lowest BCUT2D eigenvalue weighted by molar-refractivity contribution is 0.0602. The van der Waals surface area contributed by atoms with Gasteiger partial charge in [0.15, 0.2) is 0 Å². The zero-order valence-electron chi connectivity index (χ0n) is 14.0. The summed E-state index contributed by atoms with van der Waals surface area (Å²) in [5.74, 6) is 0.527. The molecule has 0 saturated carbocycles. The van der Waals surface area contributed by atoms with Crippen molar-refractivity contribution in [1.82, 2.24) is 0 Å². The lowest BCUT2D eigenvalue weighted by Crippen LogP contribution is -2.10. The molecule has 128 valence electrons. The number of halogens is 1. The molecule has 2 aromatic carbocycles. The monoisotopic (exact) mass is 347 g/mol. The molecule has 2 rings (SSSR count). The van der Waals surface area contributed by atoms with Gasteiger partial charge >= 0.3 is 5.97 Å². The van der Waals surface area contributed by atoms with Gasteiger partial charge in [0.05, 0.1) is 19.3 Å². The predicted molar refractivity (Wildman–Crippen MR) is 97.2 cm³/mol. The highest BCUT2D eigenvalue weighted by Gasteiger charge is 2.12. The zero-order chi connectivity index (χ0) is 17.4. The topological polar surface area (TPSA) is 47.6 Å². The first-order valence-electron chi connectivity index (χ1n) is 7.92. The van der Waals surface area contributed by atoms with Crippen LogP contribution in [0.25, 0.3) is 0 Å². The number of esters is 1. The highest BCUT2D eigenvalue weighted by Crippen LogP contribution is 2.21. The molecular weight excluding hydrogens is 326 g/mol. The molecule has 0 spiro atoms. The number of unbranched alkanes of at least 4 members (excludes halogenated alkanes) is 1. The van der Waals surface area contributed by atoms with E-state index in [1.807, 2.05) is 31.2 Å². The van der Waals surface area contributed by atoms with Crippen molar-refractivity contribution >= 4 is 23.3 Å². The molecule has 2 aromatic rings. The quantitative estimate of drug-likeness (QED) is 0.555. The van der Waals surface area contributed by atoms with E-state index in [0.29, 0.717) is 17.2 Å². The first-order chi connectivity index (χ1) is 11.6. The van der Waals surface area contributed by atoms with Gasteiger partial charge in [-0.3, -0.25) is 0 Å². The van der Waals surface area contributed by atoms with E-state index < -0.39 is 5.97 Å². The maximum atomic E-state index is 11.8. The van der Waals surface area contributed by atoms with E-state index in [9.17, 15) is 4.79 Å². The van der Waals surface area contributed by atoms with Crippen LogP contribution in [0.15, 0.2) is 42.5 Å². The highest BCUT2D eigenvalue weighted by atomic mass is 35.5. The number of rotatable bonds is 8. The SMILES string of the molecule is COC(=O)c1cc(Cl)ccc1NCCCCOc1ccccc1C. The van der Waals surface area contributed by atoms with Gasteiger partial charge in [0.25, 0.3) is 0 Å². The van der Waals surface area contributed by atoms with Gasteiger partial charge in [0.2, 0.25) is 0 Å². The van der Waals surface area contributed by atoms with Gasteiger partial charge in [0, 0.05) is 17.3 Å². The summed E-state index contributed by atoms with van der Waals surface area (Å²) in [6.45, 7) is 3.44. The molecule has 0 atom stereocenters. The average Bonchev–Trinajstić information content (AvgIpc) is 2.59. The number of nitrogens with one attached hydrogen (secondary N) is 1. The number of ether oxygens (including phenoxy) is 2. The number of anilines is 1. The van der Waals surface area contributed by atoms with Crippen LogP contribution in [0, 0.1) is 6.92 Å². The summed E-state index contributed by atoms with van der Waals surface area (Å²) in [5.41, 5.74) is 2.31. The van der Waals surface area contributed by atoms with E-state index >= 15 is 0 Å². The van der Waals surface area contributed by atoms with Crippen molar-refractivity contribution in [2.24, 2.45) is 0 Å². The summed E-state index contributed by atoms with van der Waals surface area (Å²) in [6.07, 6.45) is 1.84. The minimum absolute atomic E-state index is 0.400. The second-order valence-corrected chi connectivity index (χ2v) is 5.87. The van der Waals surface area contributed by atoms with Crippen LogP contribution >= 0.6 is 11.6 Å².